The summed E-state index contributed by atoms with van der Waals surface area (Å²) in [5.74, 6) is 0.892. The van der Waals surface area contributed by atoms with E-state index in [4.69, 9.17) is 0 Å². The number of nitrogens with one attached hydrogen (secondary N) is 1. The van der Waals surface area contributed by atoms with E-state index in [0.717, 1.165) is 36.5 Å². The Bertz CT molecular complexity index is 499. The van der Waals surface area contributed by atoms with E-state index in [-0.39, 0.29) is 5.69 Å². The zero-order valence-corrected chi connectivity index (χ0v) is 13.3. The van der Waals surface area contributed by atoms with Gasteiger partial charge in [0.25, 0.3) is 5.69 Å². The van der Waals surface area contributed by atoms with Gasteiger partial charge in [-0.25, -0.2) is 0 Å². The van der Waals surface area contributed by atoms with Crippen LogP contribution in [0.5, 0.6) is 0 Å². The van der Waals surface area contributed by atoms with Gasteiger partial charge in [-0.2, -0.15) is 5.26 Å². The van der Waals surface area contributed by atoms with Gasteiger partial charge in [0.15, 0.2) is 0 Å². The smallest absolute Gasteiger partial charge is 0.269 e. The number of non-ortho nitro benzene ring substituents is 1. The lowest BCUT2D eigenvalue weighted by atomic mass is 9.98. The fourth-order valence-corrected chi connectivity index (χ4v) is 2.72. The molecule has 0 heterocycles. The molecule has 21 heavy (non-hydrogen) atoms. The molecule has 0 saturated carbocycles. The molecular formula is C15H21N3O2S. The highest BCUT2D eigenvalue weighted by molar-refractivity contribution is 7.99. The van der Waals surface area contributed by atoms with Gasteiger partial charge in [-0.1, -0.05) is 6.92 Å². The van der Waals surface area contributed by atoms with E-state index < -0.39 is 10.5 Å². The average Bonchev–Trinajstić information content (AvgIpc) is 2.50. The summed E-state index contributed by atoms with van der Waals surface area (Å²) in [7, 11) is 0. The maximum absolute atomic E-state index is 10.6. The molecule has 0 fully saturated rings. The second-order valence-electron chi connectivity index (χ2n) is 5.07. The Morgan fingerprint density at radius 3 is 2.62 bits per heavy atom. The highest BCUT2D eigenvalue weighted by atomic mass is 32.2. The maximum atomic E-state index is 10.6. The molecule has 1 unspecified atom stereocenters. The van der Waals surface area contributed by atoms with E-state index >= 15 is 0 Å². The van der Waals surface area contributed by atoms with Crippen molar-refractivity contribution >= 4 is 17.4 Å². The molecule has 0 saturated heterocycles. The second kappa shape index (κ2) is 8.65. The molecule has 1 aromatic carbocycles. The molecule has 0 amide bonds. The Morgan fingerprint density at radius 2 is 2.10 bits per heavy atom. The molecule has 0 aliphatic carbocycles. The summed E-state index contributed by atoms with van der Waals surface area (Å²) in [6.07, 6.45) is 2.72. The van der Waals surface area contributed by atoms with Gasteiger partial charge in [-0.05, 0) is 50.6 Å². The van der Waals surface area contributed by atoms with Crippen LogP contribution in [-0.2, 0) is 0 Å². The Balaban J connectivity index is 2.36. The van der Waals surface area contributed by atoms with Crippen LogP contribution in [0.3, 0.4) is 0 Å². The third kappa shape index (κ3) is 6.15. The van der Waals surface area contributed by atoms with Crippen LogP contribution in [0.4, 0.5) is 5.69 Å². The van der Waals surface area contributed by atoms with Crippen molar-refractivity contribution in [3.05, 3.63) is 34.4 Å². The molecule has 0 aromatic heterocycles. The monoisotopic (exact) mass is 307 g/mol. The summed E-state index contributed by atoms with van der Waals surface area (Å²) in [6, 6.07) is 8.90. The van der Waals surface area contributed by atoms with Crippen LogP contribution in [0.2, 0.25) is 0 Å². The zero-order valence-electron chi connectivity index (χ0n) is 12.5. The third-order valence-corrected chi connectivity index (χ3v) is 4.25. The van der Waals surface area contributed by atoms with E-state index in [1.807, 2.05) is 6.92 Å². The van der Waals surface area contributed by atoms with Crippen LogP contribution >= 0.6 is 11.8 Å². The fourth-order valence-electron chi connectivity index (χ4n) is 1.86. The number of benzene rings is 1. The number of nitro groups is 1. The lowest BCUT2D eigenvalue weighted by molar-refractivity contribution is -0.384. The molecule has 114 valence electrons. The van der Waals surface area contributed by atoms with Crippen LogP contribution in [0.25, 0.3) is 0 Å². The molecule has 1 aromatic rings. The Morgan fingerprint density at radius 1 is 1.43 bits per heavy atom. The molecule has 1 atom stereocenters. The van der Waals surface area contributed by atoms with Gasteiger partial charge in [-0.15, -0.1) is 11.8 Å². The summed E-state index contributed by atoms with van der Waals surface area (Å²) < 4.78 is 0. The predicted molar refractivity (Wildman–Crippen MR) is 85.4 cm³/mol. The minimum atomic E-state index is -0.466. The average molecular weight is 307 g/mol. The molecule has 0 aliphatic heterocycles. The van der Waals surface area contributed by atoms with Crippen molar-refractivity contribution in [2.45, 2.75) is 43.5 Å². The zero-order chi connectivity index (χ0) is 15.7. The molecule has 1 N–H and O–H groups in total. The lowest BCUT2D eigenvalue weighted by Gasteiger charge is -2.22. The van der Waals surface area contributed by atoms with Gasteiger partial charge in [0.1, 0.15) is 5.54 Å². The Hall–Kier alpha value is -1.58. The van der Waals surface area contributed by atoms with E-state index in [1.165, 1.54) is 12.1 Å². The van der Waals surface area contributed by atoms with E-state index in [1.54, 1.807) is 23.9 Å². The largest absolute Gasteiger partial charge is 0.300 e. The molecule has 0 bridgehead atoms. The maximum Gasteiger partial charge on any atom is 0.269 e. The standard InChI is InChI=1S/C15H21N3O2S/c1-3-10-17-15(2,12-16)9-4-11-21-14-7-5-13(6-8-14)18(19)20/h5-8,17H,3-4,9-11H2,1-2H3. The number of hydrogen-bond acceptors (Lipinski definition) is 5. The second-order valence-corrected chi connectivity index (χ2v) is 6.24. The molecular weight excluding hydrogens is 286 g/mol. The van der Waals surface area contributed by atoms with Crippen molar-refractivity contribution in [2.24, 2.45) is 0 Å². The quantitative estimate of drug-likeness (QED) is 0.325. The van der Waals surface area contributed by atoms with Gasteiger partial charge < -0.3 is 0 Å². The normalized spacial score (nSPS) is 13.4. The first-order valence-electron chi connectivity index (χ1n) is 7.04. The van der Waals surface area contributed by atoms with Crippen LogP contribution in [0, 0.1) is 21.4 Å². The highest BCUT2D eigenvalue weighted by Gasteiger charge is 2.21. The van der Waals surface area contributed by atoms with Gasteiger partial charge in [0, 0.05) is 17.0 Å². The Labute approximate surface area is 129 Å². The molecule has 6 heteroatoms. The molecule has 0 radical (unpaired) electrons. The minimum Gasteiger partial charge on any atom is -0.300 e. The predicted octanol–water partition coefficient (Wildman–Crippen LogP) is 3.75. The van der Waals surface area contributed by atoms with Crippen LogP contribution in [0.1, 0.15) is 33.1 Å². The van der Waals surface area contributed by atoms with Crippen molar-refractivity contribution in [3.63, 3.8) is 0 Å². The van der Waals surface area contributed by atoms with E-state index in [0.29, 0.717) is 0 Å². The number of rotatable bonds is 9. The third-order valence-electron chi connectivity index (χ3n) is 3.15. The Kier molecular flexibility index (Phi) is 7.20. The number of hydrogen-bond donors (Lipinski definition) is 1. The first kappa shape index (κ1) is 17.5. The van der Waals surface area contributed by atoms with Crippen molar-refractivity contribution in [3.8, 4) is 6.07 Å². The van der Waals surface area contributed by atoms with Gasteiger partial charge in [0.05, 0.1) is 11.0 Å². The summed E-state index contributed by atoms with van der Waals surface area (Å²) in [4.78, 5) is 11.2. The molecule has 0 spiro atoms. The number of nitrogens with zero attached hydrogens (tertiary/aromatic N) is 2. The van der Waals surface area contributed by atoms with Gasteiger partial charge in [0.2, 0.25) is 0 Å². The highest BCUT2D eigenvalue weighted by Crippen LogP contribution is 2.23. The van der Waals surface area contributed by atoms with E-state index in [2.05, 4.69) is 18.3 Å². The first-order valence-corrected chi connectivity index (χ1v) is 8.03. The first-order chi connectivity index (χ1) is 10.0. The van der Waals surface area contributed by atoms with Crippen molar-refractivity contribution in [1.82, 2.24) is 5.32 Å². The number of nitro benzene ring substituents is 1. The molecule has 0 aliphatic rings. The summed E-state index contributed by atoms with van der Waals surface area (Å²) in [5.41, 5.74) is -0.355. The number of nitriles is 1. The van der Waals surface area contributed by atoms with Crippen molar-refractivity contribution < 1.29 is 4.92 Å². The summed E-state index contributed by atoms with van der Waals surface area (Å²) in [5, 5.41) is 23.1. The lowest BCUT2D eigenvalue weighted by Crippen LogP contribution is -2.41. The van der Waals surface area contributed by atoms with Crippen LogP contribution in [-0.4, -0.2) is 22.8 Å². The number of thioether (sulfide) groups is 1. The SMILES string of the molecule is CCCNC(C)(C#N)CCCSc1ccc([N+](=O)[O-])cc1. The van der Waals surface area contributed by atoms with Gasteiger partial charge in [-0.3, -0.25) is 15.4 Å². The van der Waals surface area contributed by atoms with Crippen molar-refractivity contribution in [1.29, 1.82) is 5.26 Å². The van der Waals surface area contributed by atoms with Crippen LogP contribution in [0.15, 0.2) is 29.2 Å². The minimum absolute atomic E-state index is 0.111. The summed E-state index contributed by atoms with van der Waals surface area (Å²) >= 11 is 1.66. The topological polar surface area (TPSA) is 79.0 Å². The van der Waals surface area contributed by atoms with E-state index in [9.17, 15) is 15.4 Å². The fraction of sp³-hybridized carbons (Fsp3) is 0.533. The molecule has 5 nitrogen and oxygen atoms in total. The summed E-state index contributed by atoms with van der Waals surface area (Å²) in [6.45, 7) is 4.86. The van der Waals surface area contributed by atoms with Crippen molar-refractivity contribution in [2.75, 3.05) is 12.3 Å². The van der Waals surface area contributed by atoms with Crippen LogP contribution < -0.4 is 5.32 Å². The molecule has 1 rings (SSSR count). The van der Waals surface area contributed by atoms with Gasteiger partial charge >= 0.3 is 0 Å².